The minimum absolute atomic E-state index is 0.0422. The molecule has 2 amide bonds. The average molecular weight is 331 g/mol. The molecule has 0 radical (unpaired) electrons. The van der Waals surface area contributed by atoms with Crippen LogP contribution in [-0.4, -0.2) is 29.5 Å². The van der Waals surface area contributed by atoms with Gasteiger partial charge in [-0.25, -0.2) is 5.43 Å². The maximum absolute atomic E-state index is 12.1. The topological polar surface area (TPSA) is 74.9 Å². The molecule has 1 saturated heterocycles. The van der Waals surface area contributed by atoms with Crippen LogP contribution in [-0.2, 0) is 16.1 Å². The van der Waals surface area contributed by atoms with Gasteiger partial charge in [0.25, 0.3) is 0 Å². The Balaban J connectivity index is 1.52. The first-order valence-electron chi connectivity index (χ1n) is 7.31. The molecule has 7 heteroatoms. The van der Waals surface area contributed by atoms with E-state index in [9.17, 15) is 9.59 Å². The van der Waals surface area contributed by atoms with E-state index >= 15 is 0 Å². The minimum Gasteiger partial charge on any atom is -0.467 e. The summed E-state index contributed by atoms with van der Waals surface area (Å²) < 4.78 is 5.24. The van der Waals surface area contributed by atoms with Crippen molar-refractivity contribution < 1.29 is 14.0 Å². The molecule has 1 fully saturated rings. The fourth-order valence-electron chi connectivity index (χ4n) is 2.46. The van der Waals surface area contributed by atoms with Crippen molar-refractivity contribution in [1.29, 1.82) is 0 Å². The molecule has 0 saturated carbocycles. The predicted molar refractivity (Wildman–Crippen MR) is 87.0 cm³/mol. The van der Waals surface area contributed by atoms with Crippen molar-refractivity contribution >= 4 is 29.4 Å². The molecule has 3 heterocycles. The van der Waals surface area contributed by atoms with Gasteiger partial charge in [0.05, 0.1) is 24.9 Å². The molecule has 1 aliphatic rings. The zero-order chi connectivity index (χ0) is 16.2. The minimum atomic E-state index is -0.375. The third-order valence-electron chi connectivity index (χ3n) is 3.64. The van der Waals surface area contributed by atoms with Crippen LogP contribution in [0.4, 0.5) is 0 Å². The number of rotatable bonds is 5. The smallest absolute Gasteiger partial charge is 0.245 e. The molecule has 1 aliphatic heterocycles. The Hall–Kier alpha value is -2.41. The molecule has 0 aromatic carbocycles. The van der Waals surface area contributed by atoms with E-state index in [1.165, 1.54) is 4.88 Å². The van der Waals surface area contributed by atoms with Crippen LogP contribution in [0.1, 0.15) is 21.9 Å². The Morgan fingerprint density at radius 3 is 3.09 bits per heavy atom. The Morgan fingerprint density at radius 2 is 2.39 bits per heavy atom. The summed E-state index contributed by atoms with van der Waals surface area (Å²) in [6, 6.07) is 7.53. The summed E-state index contributed by atoms with van der Waals surface area (Å²) in [5, 5.41) is 3.96. The van der Waals surface area contributed by atoms with Crippen LogP contribution in [0, 0.1) is 12.8 Å². The monoisotopic (exact) mass is 331 g/mol. The highest BCUT2D eigenvalue weighted by atomic mass is 32.1. The largest absolute Gasteiger partial charge is 0.467 e. The zero-order valence-electron chi connectivity index (χ0n) is 12.7. The lowest BCUT2D eigenvalue weighted by Gasteiger charge is -2.14. The number of hydrazone groups is 1. The molecule has 0 bridgehead atoms. The first-order valence-corrected chi connectivity index (χ1v) is 8.13. The summed E-state index contributed by atoms with van der Waals surface area (Å²) in [4.78, 5) is 27.9. The molecule has 1 N–H and O–H groups in total. The molecule has 3 rings (SSSR count). The number of hydrogen-bond acceptors (Lipinski definition) is 5. The van der Waals surface area contributed by atoms with E-state index in [0.717, 1.165) is 4.88 Å². The number of nitrogens with one attached hydrogen (secondary N) is 1. The number of nitrogens with zero attached hydrogens (tertiary/aromatic N) is 2. The number of likely N-dealkylation sites (tertiary alicyclic amines) is 1. The predicted octanol–water partition coefficient (Wildman–Crippen LogP) is 2.15. The number of amides is 2. The quantitative estimate of drug-likeness (QED) is 0.674. The Morgan fingerprint density at radius 1 is 1.52 bits per heavy atom. The van der Waals surface area contributed by atoms with E-state index in [0.29, 0.717) is 18.8 Å². The Bertz CT molecular complexity index is 721. The lowest BCUT2D eigenvalue weighted by Crippen LogP contribution is -2.30. The number of aryl methyl sites for hydroxylation is 1. The fourth-order valence-corrected chi connectivity index (χ4v) is 3.21. The van der Waals surface area contributed by atoms with Crippen LogP contribution in [0.5, 0.6) is 0 Å². The van der Waals surface area contributed by atoms with Gasteiger partial charge in [-0.2, -0.15) is 5.10 Å². The van der Waals surface area contributed by atoms with E-state index in [1.54, 1.807) is 34.8 Å². The normalized spacial score (nSPS) is 18.0. The van der Waals surface area contributed by atoms with Crippen molar-refractivity contribution in [3.8, 4) is 0 Å². The van der Waals surface area contributed by atoms with Gasteiger partial charge in [0.1, 0.15) is 5.76 Å². The molecule has 0 aliphatic carbocycles. The summed E-state index contributed by atoms with van der Waals surface area (Å²) in [5.41, 5.74) is 2.52. The molecule has 120 valence electrons. The van der Waals surface area contributed by atoms with E-state index in [4.69, 9.17) is 4.42 Å². The van der Waals surface area contributed by atoms with Crippen LogP contribution in [0.25, 0.3) is 0 Å². The van der Waals surface area contributed by atoms with Gasteiger partial charge in [0.2, 0.25) is 11.8 Å². The van der Waals surface area contributed by atoms with Crippen molar-refractivity contribution in [2.24, 2.45) is 11.0 Å². The lowest BCUT2D eigenvalue weighted by molar-refractivity contribution is -0.129. The van der Waals surface area contributed by atoms with Crippen LogP contribution < -0.4 is 5.43 Å². The third-order valence-corrected chi connectivity index (χ3v) is 4.58. The molecule has 1 unspecified atom stereocenters. The number of carbonyl (C=O) groups is 2. The van der Waals surface area contributed by atoms with Crippen molar-refractivity contribution in [3.63, 3.8) is 0 Å². The molecule has 2 aromatic heterocycles. The van der Waals surface area contributed by atoms with Crippen molar-refractivity contribution in [2.45, 2.75) is 19.9 Å². The van der Waals surface area contributed by atoms with E-state index in [2.05, 4.69) is 10.5 Å². The van der Waals surface area contributed by atoms with Gasteiger partial charge < -0.3 is 9.32 Å². The van der Waals surface area contributed by atoms with Crippen molar-refractivity contribution in [3.05, 3.63) is 46.0 Å². The van der Waals surface area contributed by atoms with Gasteiger partial charge in [-0.1, -0.05) is 0 Å². The van der Waals surface area contributed by atoms with Crippen LogP contribution in [0.2, 0.25) is 0 Å². The van der Waals surface area contributed by atoms with Gasteiger partial charge in [-0.15, -0.1) is 11.3 Å². The molecule has 2 aromatic rings. The van der Waals surface area contributed by atoms with Crippen molar-refractivity contribution in [1.82, 2.24) is 10.3 Å². The second-order valence-electron chi connectivity index (χ2n) is 5.44. The van der Waals surface area contributed by atoms with Crippen LogP contribution in [0.15, 0.2) is 40.0 Å². The van der Waals surface area contributed by atoms with Gasteiger partial charge in [-0.3, -0.25) is 9.59 Å². The Labute approximate surface area is 137 Å². The first kappa shape index (κ1) is 15.5. The lowest BCUT2D eigenvalue weighted by atomic mass is 10.1. The van der Waals surface area contributed by atoms with E-state index < -0.39 is 0 Å². The third kappa shape index (κ3) is 3.87. The van der Waals surface area contributed by atoms with Gasteiger partial charge in [-0.05, 0) is 31.2 Å². The molecule has 1 atom stereocenters. The Kier molecular flexibility index (Phi) is 4.57. The average Bonchev–Trinajstić information content (AvgIpc) is 3.23. The standard InChI is InChI=1S/C16H17N3O3S/c1-11-4-5-14(23-11)8-17-18-16(21)12-7-15(20)19(9-12)10-13-3-2-6-22-13/h2-6,8,12H,7,9-10H2,1H3,(H,18,21)/b17-8+. The SMILES string of the molecule is Cc1ccc(/C=N/NC(=O)C2CC(=O)N(Cc3ccco3)C2)s1. The molecule has 0 spiro atoms. The summed E-state index contributed by atoms with van der Waals surface area (Å²) in [6.45, 7) is 2.80. The van der Waals surface area contributed by atoms with Crippen molar-refractivity contribution in [2.75, 3.05) is 6.54 Å². The fraction of sp³-hybridized carbons (Fsp3) is 0.312. The molecular formula is C16H17N3O3S. The molecule has 6 nitrogen and oxygen atoms in total. The summed E-state index contributed by atoms with van der Waals surface area (Å²) in [7, 11) is 0. The van der Waals surface area contributed by atoms with Gasteiger partial charge in [0.15, 0.2) is 0 Å². The number of thiophene rings is 1. The summed E-state index contributed by atoms with van der Waals surface area (Å²) in [5.74, 6) is 0.0643. The van der Waals surface area contributed by atoms with Crippen LogP contribution in [0.3, 0.4) is 0 Å². The summed E-state index contributed by atoms with van der Waals surface area (Å²) >= 11 is 1.60. The number of carbonyl (C=O) groups excluding carboxylic acids is 2. The van der Waals surface area contributed by atoms with Gasteiger partial charge >= 0.3 is 0 Å². The number of hydrogen-bond donors (Lipinski definition) is 1. The highest BCUT2D eigenvalue weighted by Gasteiger charge is 2.34. The highest BCUT2D eigenvalue weighted by molar-refractivity contribution is 7.13. The van der Waals surface area contributed by atoms with Crippen LogP contribution >= 0.6 is 11.3 Å². The van der Waals surface area contributed by atoms with E-state index in [1.807, 2.05) is 25.1 Å². The maximum atomic E-state index is 12.1. The second kappa shape index (κ2) is 6.78. The van der Waals surface area contributed by atoms with E-state index in [-0.39, 0.29) is 24.2 Å². The maximum Gasteiger partial charge on any atom is 0.245 e. The number of furan rings is 1. The second-order valence-corrected chi connectivity index (χ2v) is 6.76. The zero-order valence-corrected chi connectivity index (χ0v) is 13.5. The first-order chi connectivity index (χ1) is 11.1. The van der Waals surface area contributed by atoms with Gasteiger partial charge in [0, 0.05) is 22.7 Å². The molecular weight excluding hydrogens is 314 g/mol. The highest BCUT2D eigenvalue weighted by Crippen LogP contribution is 2.20. The summed E-state index contributed by atoms with van der Waals surface area (Å²) in [6.07, 6.45) is 3.40. The molecule has 23 heavy (non-hydrogen) atoms.